The summed E-state index contributed by atoms with van der Waals surface area (Å²) in [5.74, 6) is -0.343. The number of carbonyl (C=O) groups excluding carboxylic acids is 2. The Morgan fingerprint density at radius 1 is 1.09 bits per heavy atom. The third-order valence-corrected chi connectivity index (χ3v) is 4.41. The van der Waals surface area contributed by atoms with Crippen molar-refractivity contribution >= 4 is 28.4 Å². The molecule has 2 saturated carbocycles. The summed E-state index contributed by atoms with van der Waals surface area (Å²) in [4.78, 5) is 29.2. The molecule has 112 valence electrons. The lowest BCUT2D eigenvalue weighted by Crippen LogP contribution is -2.40. The quantitative estimate of drug-likeness (QED) is 0.850. The van der Waals surface area contributed by atoms with Gasteiger partial charge in [0.25, 0.3) is 0 Å². The fraction of sp³-hybridized carbons (Fsp3) is 0.353. The molecule has 1 heterocycles. The first-order valence-corrected chi connectivity index (χ1v) is 7.65. The number of amides is 2. The van der Waals surface area contributed by atoms with Gasteiger partial charge in [-0.3, -0.25) is 14.6 Å². The molecule has 1 aromatic carbocycles. The van der Waals surface area contributed by atoms with Crippen LogP contribution in [0, 0.1) is 5.41 Å². The Bertz CT molecular complexity index is 758. The number of para-hydroxylation sites is 1. The number of nitrogens with one attached hydrogen (secondary N) is 2. The molecule has 2 fully saturated rings. The minimum atomic E-state index is -0.875. The van der Waals surface area contributed by atoms with Gasteiger partial charge in [0, 0.05) is 17.6 Å². The number of rotatable bonds is 4. The molecule has 2 aromatic rings. The topological polar surface area (TPSA) is 71.1 Å². The first-order valence-electron chi connectivity index (χ1n) is 7.65. The van der Waals surface area contributed by atoms with Crippen molar-refractivity contribution in [3.63, 3.8) is 0 Å². The molecule has 0 spiro atoms. The molecule has 0 bridgehead atoms. The number of hydrogen-bond donors (Lipinski definition) is 2. The van der Waals surface area contributed by atoms with Crippen LogP contribution < -0.4 is 10.6 Å². The molecule has 0 radical (unpaired) electrons. The van der Waals surface area contributed by atoms with Gasteiger partial charge >= 0.3 is 0 Å². The van der Waals surface area contributed by atoms with E-state index in [1.165, 1.54) is 0 Å². The van der Waals surface area contributed by atoms with Crippen LogP contribution in [0.1, 0.15) is 25.7 Å². The number of benzene rings is 1. The van der Waals surface area contributed by atoms with Gasteiger partial charge in [0.05, 0.1) is 11.2 Å². The minimum Gasteiger partial charge on any atom is -0.352 e. The molecule has 5 heteroatoms. The fourth-order valence-corrected chi connectivity index (χ4v) is 2.68. The Morgan fingerprint density at radius 3 is 2.59 bits per heavy atom. The predicted molar refractivity (Wildman–Crippen MR) is 83.2 cm³/mol. The van der Waals surface area contributed by atoms with Crippen molar-refractivity contribution in [2.75, 3.05) is 5.32 Å². The Balaban J connectivity index is 1.57. The lowest BCUT2D eigenvalue weighted by Gasteiger charge is -2.15. The van der Waals surface area contributed by atoms with Crippen LogP contribution >= 0.6 is 0 Å². The van der Waals surface area contributed by atoms with Gasteiger partial charge in [0.1, 0.15) is 5.41 Å². The van der Waals surface area contributed by atoms with Gasteiger partial charge in [-0.1, -0.05) is 18.2 Å². The van der Waals surface area contributed by atoms with Crippen molar-refractivity contribution in [2.24, 2.45) is 5.41 Å². The summed E-state index contributed by atoms with van der Waals surface area (Å²) in [5, 5.41) is 6.81. The average Bonchev–Trinajstić information content (AvgIpc) is 3.42. The maximum atomic E-state index is 12.6. The second-order valence-electron chi connectivity index (χ2n) is 6.16. The highest BCUT2D eigenvalue weighted by Crippen LogP contribution is 2.47. The van der Waals surface area contributed by atoms with Crippen LogP contribution in [0.3, 0.4) is 0 Å². The summed E-state index contributed by atoms with van der Waals surface area (Å²) >= 11 is 0. The minimum absolute atomic E-state index is 0.124. The second-order valence-corrected chi connectivity index (χ2v) is 6.16. The van der Waals surface area contributed by atoms with Gasteiger partial charge in [-0.05, 0) is 37.8 Å². The molecular weight excluding hydrogens is 278 g/mol. The molecule has 0 saturated heterocycles. The lowest BCUT2D eigenvalue weighted by atomic mass is 10.0. The summed E-state index contributed by atoms with van der Waals surface area (Å²) < 4.78 is 0. The molecule has 0 atom stereocenters. The lowest BCUT2D eigenvalue weighted by molar-refractivity contribution is -0.134. The van der Waals surface area contributed by atoms with Crippen molar-refractivity contribution in [1.29, 1.82) is 0 Å². The number of aromatic nitrogens is 1. The van der Waals surface area contributed by atoms with E-state index in [-0.39, 0.29) is 17.9 Å². The highest BCUT2D eigenvalue weighted by molar-refractivity contribution is 6.14. The number of pyridine rings is 1. The zero-order valence-corrected chi connectivity index (χ0v) is 12.1. The fourth-order valence-electron chi connectivity index (χ4n) is 2.68. The maximum absolute atomic E-state index is 12.6. The number of anilines is 1. The Kier molecular flexibility index (Phi) is 2.89. The summed E-state index contributed by atoms with van der Waals surface area (Å²) in [5.41, 5.74) is 0.532. The van der Waals surface area contributed by atoms with E-state index in [4.69, 9.17) is 0 Å². The van der Waals surface area contributed by atoms with Crippen LogP contribution in [0.4, 0.5) is 5.69 Å². The molecule has 2 N–H and O–H groups in total. The maximum Gasteiger partial charge on any atom is 0.240 e. The largest absolute Gasteiger partial charge is 0.352 e. The molecule has 5 nitrogen and oxygen atoms in total. The van der Waals surface area contributed by atoms with Gasteiger partial charge in [0.15, 0.2) is 0 Å². The van der Waals surface area contributed by atoms with E-state index in [9.17, 15) is 9.59 Å². The van der Waals surface area contributed by atoms with E-state index in [0.717, 1.165) is 23.7 Å². The van der Waals surface area contributed by atoms with E-state index in [2.05, 4.69) is 15.6 Å². The van der Waals surface area contributed by atoms with Crippen LogP contribution in [0.2, 0.25) is 0 Å². The van der Waals surface area contributed by atoms with Crippen molar-refractivity contribution in [3.05, 3.63) is 36.5 Å². The SMILES string of the molecule is O=C(Nc1cccc2cccnc12)C1(C(=O)NC2CC2)CC1. The van der Waals surface area contributed by atoms with Gasteiger partial charge in [-0.15, -0.1) is 0 Å². The van der Waals surface area contributed by atoms with E-state index in [1.807, 2.05) is 30.3 Å². The average molecular weight is 295 g/mol. The monoisotopic (exact) mass is 295 g/mol. The summed E-state index contributed by atoms with van der Waals surface area (Å²) in [6.07, 6.45) is 4.99. The number of hydrogen-bond acceptors (Lipinski definition) is 3. The van der Waals surface area contributed by atoms with Crippen LogP contribution in [0.25, 0.3) is 10.9 Å². The summed E-state index contributed by atoms with van der Waals surface area (Å²) in [6, 6.07) is 9.73. The van der Waals surface area contributed by atoms with E-state index in [1.54, 1.807) is 6.20 Å². The van der Waals surface area contributed by atoms with Crippen molar-refractivity contribution in [2.45, 2.75) is 31.7 Å². The van der Waals surface area contributed by atoms with Crippen LogP contribution in [-0.2, 0) is 9.59 Å². The first-order chi connectivity index (χ1) is 10.7. The highest BCUT2D eigenvalue weighted by Gasteiger charge is 2.57. The highest BCUT2D eigenvalue weighted by atomic mass is 16.2. The van der Waals surface area contributed by atoms with Gasteiger partial charge in [0.2, 0.25) is 11.8 Å². The molecule has 2 aliphatic carbocycles. The van der Waals surface area contributed by atoms with Crippen LogP contribution in [0.5, 0.6) is 0 Å². The van der Waals surface area contributed by atoms with Gasteiger partial charge in [-0.25, -0.2) is 0 Å². The van der Waals surface area contributed by atoms with E-state index in [0.29, 0.717) is 18.5 Å². The molecule has 0 aliphatic heterocycles. The number of nitrogens with zero attached hydrogens (tertiary/aromatic N) is 1. The summed E-state index contributed by atoms with van der Waals surface area (Å²) in [6.45, 7) is 0. The Morgan fingerprint density at radius 2 is 1.86 bits per heavy atom. The first kappa shape index (κ1) is 13.2. The third-order valence-electron chi connectivity index (χ3n) is 4.41. The van der Waals surface area contributed by atoms with E-state index >= 15 is 0 Å². The molecule has 4 rings (SSSR count). The van der Waals surface area contributed by atoms with Crippen molar-refractivity contribution < 1.29 is 9.59 Å². The molecular formula is C17H17N3O2. The van der Waals surface area contributed by atoms with Crippen molar-refractivity contribution in [3.8, 4) is 0 Å². The van der Waals surface area contributed by atoms with Gasteiger partial charge in [-0.2, -0.15) is 0 Å². The Hall–Kier alpha value is -2.43. The molecule has 2 amide bonds. The third kappa shape index (κ3) is 2.22. The Labute approximate surface area is 128 Å². The zero-order chi connectivity index (χ0) is 15.2. The van der Waals surface area contributed by atoms with Crippen molar-refractivity contribution in [1.82, 2.24) is 10.3 Å². The molecule has 22 heavy (non-hydrogen) atoms. The standard InChI is InChI=1S/C17H17N3O2/c21-15(19-12-6-7-12)17(8-9-17)16(22)20-13-5-1-3-11-4-2-10-18-14(11)13/h1-5,10,12H,6-9H2,(H,19,21)(H,20,22). The molecule has 1 aromatic heterocycles. The number of fused-ring (bicyclic) bond motifs is 1. The summed E-state index contributed by atoms with van der Waals surface area (Å²) in [7, 11) is 0. The van der Waals surface area contributed by atoms with E-state index < -0.39 is 5.41 Å². The zero-order valence-electron chi connectivity index (χ0n) is 12.1. The number of carbonyl (C=O) groups is 2. The normalized spacial score (nSPS) is 18.7. The van der Waals surface area contributed by atoms with Crippen LogP contribution in [0.15, 0.2) is 36.5 Å². The molecule has 0 unspecified atom stereocenters. The predicted octanol–water partition coefficient (Wildman–Crippen LogP) is 2.23. The second kappa shape index (κ2) is 4.80. The smallest absolute Gasteiger partial charge is 0.240 e. The van der Waals surface area contributed by atoms with Gasteiger partial charge < -0.3 is 10.6 Å². The van der Waals surface area contributed by atoms with Crippen LogP contribution in [-0.4, -0.2) is 22.8 Å². The molecule has 2 aliphatic rings.